The first-order chi connectivity index (χ1) is 32.2. The van der Waals surface area contributed by atoms with Crippen molar-refractivity contribution in [3.63, 3.8) is 0 Å². The zero-order chi connectivity index (χ0) is 47.4. The molecule has 4 fully saturated rings. The van der Waals surface area contributed by atoms with Crippen molar-refractivity contribution in [2.75, 3.05) is 77.6 Å². The Kier molecular flexibility index (Phi) is 16.8. The number of amides is 3. The molecule has 0 radical (unpaired) electrons. The Bertz CT molecular complexity index is 2160. The van der Waals surface area contributed by atoms with Gasteiger partial charge in [-0.2, -0.15) is 13.2 Å². The standard InChI is InChI=1S/C48H63N5O7.C2HF3O2/c54-41-15-14-38(45-44(41)50-42(55)34-59-45)16-23-49-24-27-53(40-12-5-2-6-13-40)43(56)18-30-58-29-17-36-8-7-9-37(32-36)33-51-25-21-47(22-26-51)35-52(28-31-60-47)46(57)48(19-20-48)39-10-3-1-4-11-39;3-2(4,5)1(6)7/h1,3-4,7-11,14-15,32,40,49,54H,2,5-6,12-13,16-31,33-35H2,(H,50,55);(H,6,7). The third kappa shape index (κ3) is 13.3. The number of aromatic hydroxyl groups is 1. The van der Waals surface area contributed by atoms with E-state index in [4.69, 9.17) is 24.1 Å². The monoisotopic (exact) mass is 935 g/mol. The number of carboxylic acid groups (broad SMARTS) is 1. The highest BCUT2D eigenvalue weighted by Crippen LogP contribution is 2.50. The number of alkyl halides is 3. The van der Waals surface area contributed by atoms with Crippen LogP contribution in [0.5, 0.6) is 11.5 Å². The Balaban J connectivity index is 0.000000883. The number of likely N-dealkylation sites (tertiary alicyclic amines) is 1. The van der Waals surface area contributed by atoms with Crippen molar-refractivity contribution in [2.24, 2.45) is 0 Å². The van der Waals surface area contributed by atoms with Gasteiger partial charge in [0.15, 0.2) is 12.4 Å². The van der Waals surface area contributed by atoms with Gasteiger partial charge in [0.05, 0.1) is 37.3 Å². The second-order valence-corrected chi connectivity index (χ2v) is 18.4. The van der Waals surface area contributed by atoms with Crippen LogP contribution in [0.15, 0.2) is 66.7 Å². The zero-order valence-corrected chi connectivity index (χ0v) is 38.1. The van der Waals surface area contributed by atoms with Gasteiger partial charge in [0, 0.05) is 51.9 Å². The van der Waals surface area contributed by atoms with Crippen molar-refractivity contribution in [1.29, 1.82) is 0 Å². The minimum Gasteiger partial charge on any atom is -0.506 e. The lowest BCUT2D eigenvalue weighted by molar-refractivity contribution is -0.192. The average Bonchev–Trinajstić information content (AvgIpc) is 4.14. The van der Waals surface area contributed by atoms with Gasteiger partial charge >= 0.3 is 12.1 Å². The number of rotatable bonds is 17. The molecule has 2 aliphatic carbocycles. The maximum absolute atomic E-state index is 13.8. The molecule has 2 saturated heterocycles. The van der Waals surface area contributed by atoms with Crippen molar-refractivity contribution in [3.05, 3.63) is 89.0 Å². The molecule has 3 aromatic carbocycles. The van der Waals surface area contributed by atoms with Crippen LogP contribution in [0.25, 0.3) is 0 Å². The molecule has 0 aromatic heterocycles. The number of hydrogen-bond donors (Lipinski definition) is 4. The van der Waals surface area contributed by atoms with Crippen molar-refractivity contribution in [3.8, 4) is 11.5 Å². The number of carbonyl (C=O) groups excluding carboxylic acids is 3. The van der Waals surface area contributed by atoms with Gasteiger partial charge in [-0.1, -0.05) is 79.9 Å². The van der Waals surface area contributed by atoms with E-state index in [1.165, 1.54) is 17.5 Å². The fraction of sp³-hybridized carbons (Fsp3) is 0.560. The molecule has 17 heteroatoms. The van der Waals surface area contributed by atoms with Gasteiger partial charge < -0.3 is 44.9 Å². The summed E-state index contributed by atoms with van der Waals surface area (Å²) in [6.45, 7) is 7.67. The van der Waals surface area contributed by atoms with Crippen LogP contribution in [0, 0.1) is 0 Å². The molecule has 0 bridgehead atoms. The quantitative estimate of drug-likeness (QED) is 0.0895. The van der Waals surface area contributed by atoms with Gasteiger partial charge in [0.2, 0.25) is 11.8 Å². The molecule has 8 rings (SSSR count). The molecule has 67 heavy (non-hydrogen) atoms. The molecule has 0 unspecified atom stereocenters. The maximum Gasteiger partial charge on any atom is 0.490 e. The fourth-order valence-electron chi connectivity index (χ4n) is 9.85. The highest BCUT2D eigenvalue weighted by atomic mass is 19.4. The molecule has 1 spiro atoms. The molecular formula is C50H64F3N5O9. The van der Waals surface area contributed by atoms with E-state index in [1.54, 1.807) is 6.07 Å². The van der Waals surface area contributed by atoms with Crippen LogP contribution in [0.1, 0.15) is 86.5 Å². The summed E-state index contributed by atoms with van der Waals surface area (Å²) < 4.78 is 49.9. The molecular weight excluding hydrogens is 872 g/mol. The number of phenols is 1. The molecule has 3 heterocycles. The third-order valence-corrected chi connectivity index (χ3v) is 13.7. The number of halogens is 3. The third-order valence-electron chi connectivity index (χ3n) is 13.7. The second kappa shape index (κ2) is 22.7. The van der Waals surface area contributed by atoms with E-state index >= 15 is 0 Å². The summed E-state index contributed by atoms with van der Waals surface area (Å²) in [4.78, 5) is 54.7. The van der Waals surface area contributed by atoms with E-state index in [1.807, 2.05) is 24.3 Å². The van der Waals surface area contributed by atoms with Crippen molar-refractivity contribution < 1.29 is 56.8 Å². The summed E-state index contributed by atoms with van der Waals surface area (Å²) in [5.41, 5.74) is 4.35. The van der Waals surface area contributed by atoms with E-state index in [0.717, 1.165) is 88.5 Å². The Morgan fingerprint density at radius 2 is 1.63 bits per heavy atom. The number of nitrogens with zero attached hydrogens (tertiary/aromatic N) is 3. The highest BCUT2D eigenvalue weighted by Gasteiger charge is 2.54. The van der Waals surface area contributed by atoms with E-state index in [0.29, 0.717) is 76.8 Å². The first-order valence-corrected chi connectivity index (χ1v) is 23.7. The lowest BCUT2D eigenvalue weighted by Crippen LogP contribution is -2.59. The predicted octanol–water partition coefficient (Wildman–Crippen LogP) is 6.22. The van der Waals surface area contributed by atoms with Gasteiger partial charge in [-0.3, -0.25) is 19.3 Å². The number of anilines is 1. The molecule has 3 aliphatic heterocycles. The molecule has 3 aromatic rings. The summed E-state index contributed by atoms with van der Waals surface area (Å²) in [6.07, 6.45) is 6.13. The van der Waals surface area contributed by atoms with Gasteiger partial charge in [-0.25, -0.2) is 4.79 Å². The smallest absolute Gasteiger partial charge is 0.490 e. The molecule has 364 valence electrons. The van der Waals surface area contributed by atoms with E-state index in [-0.39, 0.29) is 47.1 Å². The maximum atomic E-state index is 13.8. The topological polar surface area (TPSA) is 170 Å². The lowest BCUT2D eigenvalue weighted by Gasteiger charge is -2.48. The Morgan fingerprint density at radius 1 is 0.896 bits per heavy atom. The van der Waals surface area contributed by atoms with Crippen molar-refractivity contribution in [1.82, 2.24) is 20.0 Å². The largest absolute Gasteiger partial charge is 0.506 e. The lowest BCUT2D eigenvalue weighted by atomic mass is 9.87. The number of fused-ring (bicyclic) bond motifs is 1. The SMILES string of the molecule is O=C(O)C(F)(F)F.O=C1COc2c(CCNCCN(C(=O)CCOCCc3cccc(CN4CCC5(CC4)CN(C(=O)C4(c6ccccc6)CC4)CCO5)c3)C3CCCCC3)ccc(O)c2N1. The van der Waals surface area contributed by atoms with E-state index in [2.05, 4.69) is 61.7 Å². The fourth-order valence-corrected chi connectivity index (χ4v) is 9.85. The molecule has 3 amide bonds. The minimum absolute atomic E-state index is 0.00266. The van der Waals surface area contributed by atoms with Crippen LogP contribution in [0.2, 0.25) is 0 Å². The molecule has 5 aliphatic rings. The normalized spacial score (nSPS) is 19.0. The van der Waals surface area contributed by atoms with Crippen LogP contribution in [-0.4, -0.2) is 139 Å². The Morgan fingerprint density at radius 3 is 2.34 bits per heavy atom. The van der Waals surface area contributed by atoms with Crippen LogP contribution in [0.4, 0.5) is 18.9 Å². The van der Waals surface area contributed by atoms with Crippen LogP contribution in [-0.2, 0) is 53.5 Å². The predicted molar refractivity (Wildman–Crippen MR) is 244 cm³/mol. The van der Waals surface area contributed by atoms with Gasteiger partial charge in [-0.15, -0.1) is 0 Å². The van der Waals surface area contributed by atoms with E-state index in [9.17, 15) is 32.7 Å². The zero-order valence-electron chi connectivity index (χ0n) is 38.1. The summed E-state index contributed by atoms with van der Waals surface area (Å²) in [7, 11) is 0. The van der Waals surface area contributed by atoms with Gasteiger partial charge in [0.25, 0.3) is 5.91 Å². The molecule has 14 nitrogen and oxygen atoms in total. The second-order valence-electron chi connectivity index (χ2n) is 18.4. The van der Waals surface area contributed by atoms with Crippen LogP contribution in [0.3, 0.4) is 0 Å². The van der Waals surface area contributed by atoms with Crippen LogP contribution < -0.4 is 15.4 Å². The summed E-state index contributed by atoms with van der Waals surface area (Å²) in [5.74, 6) is -2.07. The Hall–Kier alpha value is -5.23. The van der Waals surface area contributed by atoms with E-state index < -0.39 is 12.1 Å². The average molecular weight is 936 g/mol. The number of piperidine rings is 1. The number of carbonyl (C=O) groups is 4. The summed E-state index contributed by atoms with van der Waals surface area (Å²) in [5, 5.41) is 23.5. The number of carboxylic acids is 1. The molecule has 0 atom stereocenters. The van der Waals surface area contributed by atoms with Gasteiger partial charge in [0.1, 0.15) is 11.4 Å². The number of morpholine rings is 1. The minimum atomic E-state index is -5.08. The van der Waals surface area contributed by atoms with Crippen LogP contribution >= 0.6 is 0 Å². The summed E-state index contributed by atoms with van der Waals surface area (Å²) >= 11 is 0. The number of aliphatic carboxylic acids is 1. The van der Waals surface area contributed by atoms with Crippen molar-refractivity contribution in [2.45, 2.75) is 107 Å². The molecule has 2 saturated carbocycles. The number of hydrogen-bond acceptors (Lipinski definition) is 10. The first-order valence-electron chi connectivity index (χ1n) is 23.7. The number of ether oxygens (including phenoxy) is 3. The highest BCUT2D eigenvalue weighted by molar-refractivity contribution is 5.97. The van der Waals surface area contributed by atoms with Crippen molar-refractivity contribution >= 4 is 29.4 Å². The number of benzene rings is 3. The molecule has 4 N–H and O–H groups in total. The number of nitrogens with one attached hydrogen (secondary N) is 2. The summed E-state index contributed by atoms with van der Waals surface area (Å²) in [6, 6.07) is 22.8. The first kappa shape index (κ1) is 49.7. The Labute approximate surface area is 390 Å². The van der Waals surface area contributed by atoms with Gasteiger partial charge in [-0.05, 0) is 86.2 Å². The number of phenolic OH excluding ortho intramolecular Hbond substituents is 1.